The van der Waals surface area contributed by atoms with Crippen molar-refractivity contribution in [1.82, 2.24) is 9.97 Å². The highest BCUT2D eigenvalue weighted by atomic mass is 16.3. The maximum atomic E-state index is 10.4. The van der Waals surface area contributed by atoms with Gasteiger partial charge in [-0.3, -0.25) is 0 Å². The van der Waals surface area contributed by atoms with Gasteiger partial charge in [0, 0.05) is 32.9 Å². The van der Waals surface area contributed by atoms with Crippen LogP contribution in [0, 0.1) is 0 Å². The summed E-state index contributed by atoms with van der Waals surface area (Å²) in [5.41, 5.74) is -0.589. The third kappa shape index (κ3) is 3.15. The highest BCUT2D eigenvalue weighted by Gasteiger charge is 2.32. The van der Waals surface area contributed by atoms with E-state index in [0.29, 0.717) is 6.54 Å². The minimum absolute atomic E-state index is 0.589. The van der Waals surface area contributed by atoms with Gasteiger partial charge < -0.3 is 14.9 Å². The second-order valence-corrected chi connectivity index (χ2v) is 5.33. The summed E-state index contributed by atoms with van der Waals surface area (Å²) in [7, 11) is 2.02. The van der Waals surface area contributed by atoms with Crippen LogP contribution in [0.15, 0.2) is 12.3 Å². The number of aromatic nitrogens is 2. The van der Waals surface area contributed by atoms with Gasteiger partial charge in [-0.15, -0.1) is 0 Å². The summed E-state index contributed by atoms with van der Waals surface area (Å²) in [6.07, 6.45) is 4.43. The Bertz CT molecular complexity index is 426. The van der Waals surface area contributed by atoms with Crippen molar-refractivity contribution in [1.29, 1.82) is 0 Å². The lowest BCUT2D eigenvalue weighted by Crippen LogP contribution is -2.48. The maximum absolute atomic E-state index is 10.4. The van der Waals surface area contributed by atoms with Crippen LogP contribution in [0.1, 0.15) is 33.1 Å². The van der Waals surface area contributed by atoms with Crippen molar-refractivity contribution < 1.29 is 5.11 Å². The first kappa shape index (κ1) is 14.1. The zero-order valence-electron chi connectivity index (χ0n) is 12.1. The minimum Gasteiger partial charge on any atom is -0.388 e. The third-order valence-corrected chi connectivity index (χ3v) is 3.99. The van der Waals surface area contributed by atoms with Crippen molar-refractivity contribution in [3.8, 4) is 0 Å². The molecular formula is C14H24N4O. The molecule has 0 saturated carbocycles. The number of nitrogens with zero attached hydrogens (tertiary/aromatic N) is 4. The zero-order valence-corrected chi connectivity index (χ0v) is 12.1. The molecule has 19 heavy (non-hydrogen) atoms. The number of rotatable bonds is 4. The van der Waals surface area contributed by atoms with Gasteiger partial charge in [0.15, 0.2) is 0 Å². The Labute approximate surface area is 115 Å². The molecule has 0 aliphatic carbocycles. The fraction of sp³-hybridized carbons (Fsp3) is 0.714. The summed E-state index contributed by atoms with van der Waals surface area (Å²) in [6.45, 7) is 6.59. The fourth-order valence-electron chi connectivity index (χ4n) is 2.44. The van der Waals surface area contributed by atoms with Gasteiger partial charge >= 0.3 is 0 Å². The molecule has 2 heterocycles. The SMILES string of the molecule is CCN(C)c1ccnc(N2CCC[C@@](O)(CC)C2)n1. The van der Waals surface area contributed by atoms with E-state index < -0.39 is 5.60 Å². The first-order valence-electron chi connectivity index (χ1n) is 7.09. The van der Waals surface area contributed by atoms with E-state index in [1.54, 1.807) is 6.20 Å². The van der Waals surface area contributed by atoms with Crippen LogP contribution in [0.3, 0.4) is 0 Å². The molecule has 1 atom stereocenters. The fourth-order valence-corrected chi connectivity index (χ4v) is 2.44. The number of hydrogen-bond acceptors (Lipinski definition) is 5. The summed E-state index contributed by atoms with van der Waals surface area (Å²) in [6, 6.07) is 1.92. The van der Waals surface area contributed by atoms with Gasteiger partial charge in [0.25, 0.3) is 0 Å². The molecule has 1 aliphatic rings. The Hall–Kier alpha value is -1.36. The molecule has 0 spiro atoms. The highest BCUT2D eigenvalue weighted by Crippen LogP contribution is 2.26. The molecule has 1 aromatic heterocycles. The van der Waals surface area contributed by atoms with Crippen LogP contribution in [0.25, 0.3) is 0 Å². The van der Waals surface area contributed by atoms with Gasteiger partial charge in [0.2, 0.25) is 5.95 Å². The summed E-state index contributed by atoms with van der Waals surface area (Å²) >= 11 is 0. The molecule has 5 nitrogen and oxygen atoms in total. The number of piperidine rings is 1. The molecule has 106 valence electrons. The van der Waals surface area contributed by atoms with Gasteiger partial charge in [-0.2, -0.15) is 4.98 Å². The molecule has 1 aromatic rings. The van der Waals surface area contributed by atoms with E-state index in [-0.39, 0.29) is 0 Å². The smallest absolute Gasteiger partial charge is 0.227 e. The zero-order chi connectivity index (χ0) is 13.9. The summed E-state index contributed by atoms with van der Waals surface area (Å²) in [4.78, 5) is 13.1. The Morgan fingerprint density at radius 2 is 2.26 bits per heavy atom. The van der Waals surface area contributed by atoms with Gasteiger partial charge in [-0.1, -0.05) is 6.92 Å². The summed E-state index contributed by atoms with van der Waals surface area (Å²) < 4.78 is 0. The van der Waals surface area contributed by atoms with Crippen LogP contribution in [-0.4, -0.2) is 47.4 Å². The molecule has 1 aliphatic heterocycles. The van der Waals surface area contributed by atoms with Gasteiger partial charge in [-0.25, -0.2) is 4.98 Å². The van der Waals surface area contributed by atoms with E-state index in [1.165, 1.54) is 0 Å². The molecule has 0 amide bonds. The maximum Gasteiger partial charge on any atom is 0.227 e. The largest absolute Gasteiger partial charge is 0.388 e. The van der Waals surface area contributed by atoms with Crippen molar-refractivity contribution in [2.75, 3.05) is 36.5 Å². The molecule has 2 rings (SSSR count). The molecule has 0 radical (unpaired) electrons. The monoisotopic (exact) mass is 264 g/mol. The van der Waals surface area contributed by atoms with Crippen LogP contribution in [-0.2, 0) is 0 Å². The molecule has 1 fully saturated rings. The topological polar surface area (TPSA) is 52.5 Å². The number of aliphatic hydroxyl groups is 1. The lowest BCUT2D eigenvalue weighted by molar-refractivity contribution is 0.0219. The van der Waals surface area contributed by atoms with E-state index >= 15 is 0 Å². The molecule has 5 heteroatoms. The minimum atomic E-state index is -0.589. The second kappa shape index (κ2) is 5.74. The number of anilines is 2. The Morgan fingerprint density at radius 1 is 1.47 bits per heavy atom. The van der Waals surface area contributed by atoms with Crippen molar-refractivity contribution >= 4 is 11.8 Å². The second-order valence-electron chi connectivity index (χ2n) is 5.33. The molecule has 1 saturated heterocycles. The Kier molecular flexibility index (Phi) is 4.24. The first-order valence-corrected chi connectivity index (χ1v) is 7.09. The summed E-state index contributed by atoms with van der Waals surface area (Å²) in [5, 5.41) is 10.4. The van der Waals surface area contributed by atoms with E-state index in [4.69, 9.17) is 0 Å². The predicted octanol–water partition coefficient (Wildman–Crippen LogP) is 1.67. The van der Waals surface area contributed by atoms with Crippen molar-refractivity contribution in [2.45, 2.75) is 38.7 Å². The van der Waals surface area contributed by atoms with Crippen molar-refractivity contribution in [3.05, 3.63) is 12.3 Å². The van der Waals surface area contributed by atoms with Crippen molar-refractivity contribution in [3.63, 3.8) is 0 Å². The van der Waals surface area contributed by atoms with E-state index in [0.717, 1.165) is 44.1 Å². The predicted molar refractivity (Wildman–Crippen MR) is 77.7 cm³/mol. The lowest BCUT2D eigenvalue weighted by atomic mass is 9.90. The van der Waals surface area contributed by atoms with Crippen LogP contribution >= 0.6 is 0 Å². The number of hydrogen-bond donors (Lipinski definition) is 1. The van der Waals surface area contributed by atoms with Gasteiger partial charge in [0.1, 0.15) is 5.82 Å². The van der Waals surface area contributed by atoms with Gasteiger partial charge in [0.05, 0.1) is 5.60 Å². The average molecular weight is 264 g/mol. The quantitative estimate of drug-likeness (QED) is 0.896. The molecular weight excluding hydrogens is 240 g/mol. The highest BCUT2D eigenvalue weighted by molar-refractivity contribution is 5.43. The lowest BCUT2D eigenvalue weighted by Gasteiger charge is -2.38. The molecule has 0 unspecified atom stereocenters. The van der Waals surface area contributed by atoms with Gasteiger partial charge in [-0.05, 0) is 32.3 Å². The standard InChI is InChI=1S/C14H24N4O/c1-4-14(19)8-6-10-18(11-14)13-15-9-7-12(16-13)17(3)5-2/h7,9,19H,4-6,8,10-11H2,1-3H3/t14-/m0/s1. The van der Waals surface area contributed by atoms with Crippen LogP contribution in [0.4, 0.5) is 11.8 Å². The van der Waals surface area contributed by atoms with Crippen LogP contribution in [0.2, 0.25) is 0 Å². The third-order valence-electron chi connectivity index (χ3n) is 3.99. The molecule has 0 aromatic carbocycles. The van der Waals surface area contributed by atoms with Crippen LogP contribution < -0.4 is 9.80 Å². The molecule has 1 N–H and O–H groups in total. The normalized spacial score (nSPS) is 23.5. The van der Waals surface area contributed by atoms with Crippen molar-refractivity contribution in [2.24, 2.45) is 0 Å². The first-order chi connectivity index (χ1) is 9.08. The Balaban J connectivity index is 2.17. The van der Waals surface area contributed by atoms with E-state index in [2.05, 4.69) is 26.7 Å². The van der Waals surface area contributed by atoms with E-state index in [1.807, 2.05) is 20.0 Å². The average Bonchev–Trinajstić information content (AvgIpc) is 2.46. The Morgan fingerprint density at radius 3 is 2.95 bits per heavy atom. The molecule has 0 bridgehead atoms. The van der Waals surface area contributed by atoms with Crippen LogP contribution in [0.5, 0.6) is 0 Å². The number of β-amino-alcohol motifs (C(OH)–C–C–N with tert-alkyl or cyclic N) is 1. The van der Waals surface area contributed by atoms with E-state index in [9.17, 15) is 5.11 Å². The summed E-state index contributed by atoms with van der Waals surface area (Å²) in [5.74, 6) is 1.66.